The topological polar surface area (TPSA) is 66.3 Å². The SMILES string of the molecule is Cc1cccc([C@@H](C(=O)O)N(C)Cc2cnccn2)c1C. The zero-order valence-electron chi connectivity index (χ0n) is 12.4. The number of likely N-dealkylation sites (N-methyl/N-ethyl adjacent to an activating group) is 1. The summed E-state index contributed by atoms with van der Waals surface area (Å²) in [6.45, 7) is 4.37. The van der Waals surface area contributed by atoms with Crippen LogP contribution in [0.1, 0.15) is 28.4 Å². The summed E-state index contributed by atoms with van der Waals surface area (Å²) in [5, 5.41) is 9.61. The summed E-state index contributed by atoms with van der Waals surface area (Å²) in [7, 11) is 1.79. The van der Waals surface area contributed by atoms with Gasteiger partial charge in [0.25, 0.3) is 0 Å². The van der Waals surface area contributed by atoms with E-state index in [4.69, 9.17) is 0 Å². The summed E-state index contributed by atoms with van der Waals surface area (Å²) in [6.07, 6.45) is 4.86. The van der Waals surface area contributed by atoms with E-state index < -0.39 is 12.0 Å². The molecule has 0 aliphatic carbocycles. The maximum absolute atomic E-state index is 11.7. The van der Waals surface area contributed by atoms with Gasteiger partial charge in [0, 0.05) is 25.1 Å². The predicted octanol–water partition coefficient (Wildman–Crippen LogP) is 2.35. The molecule has 1 heterocycles. The largest absolute Gasteiger partial charge is 0.480 e. The molecule has 0 saturated heterocycles. The molecule has 0 aliphatic rings. The number of nitrogens with zero attached hydrogens (tertiary/aromatic N) is 3. The number of hydrogen-bond acceptors (Lipinski definition) is 4. The maximum Gasteiger partial charge on any atom is 0.325 e. The maximum atomic E-state index is 11.7. The number of benzene rings is 1. The fourth-order valence-corrected chi connectivity index (χ4v) is 2.39. The quantitative estimate of drug-likeness (QED) is 0.913. The molecule has 0 saturated carbocycles. The van der Waals surface area contributed by atoms with E-state index in [2.05, 4.69) is 9.97 Å². The Hall–Kier alpha value is -2.27. The molecule has 1 aromatic carbocycles. The van der Waals surface area contributed by atoms with Crippen molar-refractivity contribution in [3.05, 3.63) is 59.2 Å². The summed E-state index contributed by atoms with van der Waals surface area (Å²) < 4.78 is 0. The molecule has 0 bridgehead atoms. The minimum atomic E-state index is -0.866. The van der Waals surface area contributed by atoms with Gasteiger partial charge < -0.3 is 5.11 Å². The minimum absolute atomic E-state index is 0.429. The second kappa shape index (κ2) is 6.45. The molecule has 0 amide bonds. The van der Waals surface area contributed by atoms with Gasteiger partial charge in [0.15, 0.2) is 0 Å². The molecule has 1 N–H and O–H groups in total. The molecule has 5 heteroatoms. The first kappa shape index (κ1) is 15.1. The van der Waals surface area contributed by atoms with Crippen molar-refractivity contribution in [3.8, 4) is 0 Å². The highest BCUT2D eigenvalue weighted by Crippen LogP contribution is 2.26. The summed E-state index contributed by atoms with van der Waals surface area (Å²) >= 11 is 0. The highest BCUT2D eigenvalue weighted by Gasteiger charge is 2.26. The molecule has 2 aromatic rings. The van der Waals surface area contributed by atoms with Crippen LogP contribution >= 0.6 is 0 Å². The molecular formula is C16H19N3O2. The lowest BCUT2D eigenvalue weighted by Gasteiger charge is -2.26. The van der Waals surface area contributed by atoms with Gasteiger partial charge in [-0.15, -0.1) is 0 Å². The Kier molecular flexibility index (Phi) is 4.65. The Morgan fingerprint density at radius 2 is 2.10 bits per heavy atom. The van der Waals surface area contributed by atoms with Gasteiger partial charge in [-0.05, 0) is 37.6 Å². The Morgan fingerprint density at radius 3 is 2.71 bits per heavy atom. The van der Waals surface area contributed by atoms with Crippen molar-refractivity contribution in [1.29, 1.82) is 0 Å². The van der Waals surface area contributed by atoms with Crippen LogP contribution in [-0.4, -0.2) is 33.0 Å². The number of aromatic nitrogens is 2. The molecule has 1 aromatic heterocycles. The van der Waals surface area contributed by atoms with Crippen LogP contribution in [0.5, 0.6) is 0 Å². The summed E-state index contributed by atoms with van der Waals surface area (Å²) in [6, 6.07) is 5.05. The van der Waals surface area contributed by atoms with Crippen molar-refractivity contribution in [2.45, 2.75) is 26.4 Å². The van der Waals surface area contributed by atoms with Crippen LogP contribution in [0, 0.1) is 13.8 Å². The van der Waals surface area contributed by atoms with E-state index in [1.807, 2.05) is 32.0 Å². The molecule has 0 radical (unpaired) electrons. The van der Waals surface area contributed by atoms with E-state index in [1.165, 1.54) is 0 Å². The molecule has 5 nitrogen and oxygen atoms in total. The molecule has 2 rings (SSSR count). The van der Waals surface area contributed by atoms with Gasteiger partial charge in [-0.25, -0.2) is 0 Å². The van der Waals surface area contributed by atoms with Gasteiger partial charge in [0.05, 0.1) is 5.69 Å². The van der Waals surface area contributed by atoms with Crippen LogP contribution in [-0.2, 0) is 11.3 Å². The van der Waals surface area contributed by atoms with E-state index >= 15 is 0 Å². The van der Waals surface area contributed by atoms with Crippen molar-refractivity contribution >= 4 is 5.97 Å². The normalized spacial score (nSPS) is 12.4. The third-order valence-corrected chi connectivity index (χ3v) is 3.64. The van der Waals surface area contributed by atoms with E-state index in [-0.39, 0.29) is 0 Å². The van der Waals surface area contributed by atoms with E-state index in [0.717, 1.165) is 22.4 Å². The van der Waals surface area contributed by atoms with Crippen LogP contribution in [0.15, 0.2) is 36.8 Å². The Bertz CT molecular complexity index is 629. The molecule has 0 unspecified atom stereocenters. The van der Waals surface area contributed by atoms with Crippen LogP contribution in [0.25, 0.3) is 0 Å². The second-order valence-electron chi connectivity index (χ2n) is 5.14. The first-order chi connectivity index (χ1) is 10.0. The van der Waals surface area contributed by atoms with Gasteiger partial charge in [0.1, 0.15) is 6.04 Å². The van der Waals surface area contributed by atoms with Crippen LogP contribution in [0.3, 0.4) is 0 Å². The molecule has 0 fully saturated rings. The third kappa shape index (κ3) is 3.44. The minimum Gasteiger partial charge on any atom is -0.480 e. The van der Waals surface area contributed by atoms with Crippen molar-refractivity contribution in [2.24, 2.45) is 0 Å². The summed E-state index contributed by atoms with van der Waals surface area (Å²) in [5.74, 6) is -0.866. The van der Waals surface area contributed by atoms with Gasteiger partial charge in [0.2, 0.25) is 0 Å². The van der Waals surface area contributed by atoms with Crippen molar-refractivity contribution < 1.29 is 9.90 Å². The number of hydrogen-bond donors (Lipinski definition) is 1. The fourth-order valence-electron chi connectivity index (χ4n) is 2.39. The third-order valence-electron chi connectivity index (χ3n) is 3.64. The summed E-state index contributed by atoms with van der Waals surface area (Å²) in [4.78, 5) is 21.7. The standard InChI is InChI=1S/C16H19N3O2/c1-11-5-4-6-14(12(11)2)15(16(20)21)19(3)10-13-9-17-7-8-18-13/h4-9,15H,10H2,1-3H3,(H,20,21)/t15-/m0/s1. The van der Waals surface area contributed by atoms with Crippen molar-refractivity contribution in [2.75, 3.05) is 7.05 Å². The Balaban J connectivity index is 2.31. The van der Waals surface area contributed by atoms with Gasteiger partial charge in [-0.3, -0.25) is 19.7 Å². The van der Waals surface area contributed by atoms with E-state index in [9.17, 15) is 9.90 Å². The van der Waals surface area contributed by atoms with Crippen LogP contribution < -0.4 is 0 Å². The Labute approximate surface area is 124 Å². The lowest BCUT2D eigenvalue weighted by Crippen LogP contribution is -2.31. The number of carboxylic acids is 1. The molecule has 21 heavy (non-hydrogen) atoms. The van der Waals surface area contributed by atoms with Gasteiger partial charge >= 0.3 is 5.97 Å². The highest BCUT2D eigenvalue weighted by molar-refractivity contribution is 5.76. The lowest BCUT2D eigenvalue weighted by atomic mass is 9.96. The van der Waals surface area contributed by atoms with E-state index in [0.29, 0.717) is 6.54 Å². The smallest absolute Gasteiger partial charge is 0.325 e. The number of carboxylic acid groups (broad SMARTS) is 1. The average Bonchev–Trinajstić information content (AvgIpc) is 2.44. The monoisotopic (exact) mass is 285 g/mol. The number of aryl methyl sites for hydroxylation is 1. The van der Waals surface area contributed by atoms with Crippen LogP contribution in [0.2, 0.25) is 0 Å². The molecule has 0 aliphatic heterocycles. The lowest BCUT2D eigenvalue weighted by molar-refractivity contribution is -0.143. The molecule has 1 atom stereocenters. The molecule has 0 spiro atoms. The number of rotatable bonds is 5. The first-order valence-electron chi connectivity index (χ1n) is 6.74. The molecule has 110 valence electrons. The Morgan fingerprint density at radius 1 is 1.33 bits per heavy atom. The average molecular weight is 285 g/mol. The fraction of sp³-hybridized carbons (Fsp3) is 0.312. The van der Waals surface area contributed by atoms with Crippen molar-refractivity contribution in [3.63, 3.8) is 0 Å². The molecular weight excluding hydrogens is 266 g/mol. The zero-order chi connectivity index (χ0) is 15.4. The van der Waals surface area contributed by atoms with Crippen molar-refractivity contribution in [1.82, 2.24) is 14.9 Å². The van der Waals surface area contributed by atoms with Crippen LogP contribution in [0.4, 0.5) is 0 Å². The number of aliphatic carboxylic acids is 1. The zero-order valence-corrected chi connectivity index (χ0v) is 12.4. The highest BCUT2D eigenvalue weighted by atomic mass is 16.4. The summed E-state index contributed by atoms with van der Waals surface area (Å²) in [5.41, 5.74) is 3.66. The van der Waals surface area contributed by atoms with E-state index in [1.54, 1.807) is 30.5 Å². The number of carbonyl (C=O) groups is 1. The van der Waals surface area contributed by atoms with Gasteiger partial charge in [-0.2, -0.15) is 0 Å². The van der Waals surface area contributed by atoms with Gasteiger partial charge in [-0.1, -0.05) is 18.2 Å². The second-order valence-corrected chi connectivity index (χ2v) is 5.14. The first-order valence-corrected chi connectivity index (χ1v) is 6.74. The predicted molar refractivity (Wildman–Crippen MR) is 79.8 cm³/mol.